The zero-order valence-corrected chi connectivity index (χ0v) is 27.0. The molecule has 1 N–H and O–H groups in total. The standard InChI is InChI=1S/C33H46N2O5S.Li/c1-23-11-9-10-14-26(23)28-21-24(15-16-27(28)30(36)34-29(31(37)38)18-20-41-5)17-19-35(32(39)40-33(2,3)4)22-25-12-7-6-8-13-25;/h9-11,14-16,21,25,29H,6-8,12-13,17-20,22H2,1-5H3,(H,34,36)(H,37,38);/q;+1/p-1. The normalized spacial score (nSPS) is 14.4. The molecule has 1 fully saturated rings. The van der Waals surface area contributed by atoms with E-state index in [4.69, 9.17) is 4.74 Å². The number of amides is 2. The molecule has 0 aliphatic heterocycles. The molecule has 7 nitrogen and oxygen atoms in total. The van der Waals surface area contributed by atoms with Crippen molar-refractivity contribution in [3.05, 3.63) is 59.2 Å². The molecule has 0 spiro atoms. The summed E-state index contributed by atoms with van der Waals surface area (Å²) in [5.74, 6) is -0.663. The SMILES string of the molecule is CSCCC(NC(=O)c1ccc(CCN(CC2CCCCC2)C(=O)OC(C)(C)C)cc1-c1ccccc1C)C(=O)[O-].[Li+]. The maximum atomic E-state index is 13.4. The predicted molar refractivity (Wildman–Crippen MR) is 164 cm³/mol. The Hall–Kier alpha value is -2.40. The van der Waals surface area contributed by atoms with E-state index in [1.54, 1.807) is 6.07 Å². The molecular weight excluding hydrogens is 543 g/mol. The van der Waals surface area contributed by atoms with Gasteiger partial charge in [0.1, 0.15) is 5.60 Å². The average Bonchev–Trinajstić information content (AvgIpc) is 2.92. The summed E-state index contributed by atoms with van der Waals surface area (Å²) in [6.07, 6.45) is 8.40. The molecule has 3 rings (SSSR count). The number of hydrogen-bond acceptors (Lipinski definition) is 6. The van der Waals surface area contributed by atoms with Crippen molar-refractivity contribution < 1.29 is 43.1 Å². The van der Waals surface area contributed by atoms with Crippen LogP contribution in [0.2, 0.25) is 0 Å². The van der Waals surface area contributed by atoms with Gasteiger partial charge < -0.3 is 24.9 Å². The summed E-state index contributed by atoms with van der Waals surface area (Å²) in [6, 6.07) is 12.4. The number of rotatable bonds is 12. The van der Waals surface area contributed by atoms with E-state index >= 15 is 0 Å². The molecule has 42 heavy (non-hydrogen) atoms. The van der Waals surface area contributed by atoms with E-state index < -0.39 is 23.5 Å². The van der Waals surface area contributed by atoms with Crippen LogP contribution in [0.5, 0.6) is 0 Å². The van der Waals surface area contributed by atoms with Crippen LogP contribution >= 0.6 is 11.8 Å². The molecule has 224 valence electrons. The van der Waals surface area contributed by atoms with Gasteiger partial charge in [0.2, 0.25) is 0 Å². The number of ether oxygens (including phenoxy) is 1. The van der Waals surface area contributed by atoms with E-state index in [-0.39, 0.29) is 31.4 Å². The second-order valence-corrected chi connectivity index (χ2v) is 13.0. The molecule has 2 aromatic rings. The summed E-state index contributed by atoms with van der Waals surface area (Å²) in [6.45, 7) is 8.82. The third-order valence-electron chi connectivity index (χ3n) is 7.49. The first-order chi connectivity index (χ1) is 19.5. The zero-order chi connectivity index (χ0) is 30.0. The fourth-order valence-corrected chi connectivity index (χ4v) is 5.76. The van der Waals surface area contributed by atoms with Crippen LogP contribution in [0.4, 0.5) is 4.79 Å². The Kier molecular flexibility index (Phi) is 14.5. The summed E-state index contributed by atoms with van der Waals surface area (Å²) in [5, 5.41) is 14.4. The number of carboxylic acids is 1. The van der Waals surface area contributed by atoms with Crippen molar-refractivity contribution in [3.8, 4) is 11.1 Å². The summed E-state index contributed by atoms with van der Waals surface area (Å²) in [4.78, 5) is 40.1. The van der Waals surface area contributed by atoms with E-state index in [2.05, 4.69) is 5.32 Å². The summed E-state index contributed by atoms with van der Waals surface area (Å²) in [5.41, 5.74) is 3.45. The van der Waals surface area contributed by atoms with E-state index in [1.165, 1.54) is 31.0 Å². The van der Waals surface area contributed by atoms with Crippen LogP contribution in [-0.2, 0) is 16.0 Å². The van der Waals surface area contributed by atoms with Crippen molar-refractivity contribution in [2.24, 2.45) is 5.92 Å². The monoisotopic (exact) mass is 588 g/mol. The molecule has 0 heterocycles. The molecule has 0 saturated heterocycles. The van der Waals surface area contributed by atoms with Crippen LogP contribution in [-0.4, -0.2) is 59.6 Å². The Morgan fingerprint density at radius 1 is 1.07 bits per heavy atom. The van der Waals surface area contributed by atoms with Crippen LogP contribution < -0.4 is 29.3 Å². The first-order valence-electron chi connectivity index (χ1n) is 14.7. The molecule has 9 heteroatoms. The zero-order valence-electron chi connectivity index (χ0n) is 26.2. The molecule has 1 atom stereocenters. The Morgan fingerprint density at radius 3 is 2.38 bits per heavy atom. The van der Waals surface area contributed by atoms with Gasteiger partial charge in [0.15, 0.2) is 0 Å². The predicted octanol–water partition coefficient (Wildman–Crippen LogP) is 2.63. The number of aliphatic carboxylic acids is 1. The minimum absolute atomic E-state index is 0. The molecule has 1 aliphatic carbocycles. The van der Waals surface area contributed by atoms with Gasteiger partial charge in [0.05, 0.1) is 12.0 Å². The van der Waals surface area contributed by atoms with Gasteiger partial charge in [-0.1, -0.05) is 55.7 Å². The second-order valence-electron chi connectivity index (χ2n) is 12.0. The van der Waals surface area contributed by atoms with Crippen LogP contribution in [0.3, 0.4) is 0 Å². The Balaban J connectivity index is 0.00000616. The van der Waals surface area contributed by atoms with Gasteiger partial charge >= 0.3 is 25.0 Å². The maximum Gasteiger partial charge on any atom is 1.00 e. The van der Waals surface area contributed by atoms with Gasteiger partial charge in [-0.3, -0.25) is 4.79 Å². The van der Waals surface area contributed by atoms with Gasteiger partial charge in [-0.05, 0) is 99.6 Å². The van der Waals surface area contributed by atoms with Crippen LogP contribution in [0, 0.1) is 12.8 Å². The van der Waals surface area contributed by atoms with Crippen molar-refractivity contribution in [3.63, 3.8) is 0 Å². The van der Waals surface area contributed by atoms with E-state index in [0.29, 0.717) is 36.7 Å². The minimum atomic E-state index is -1.29. The molecule has 1 aliphatic rings. The Morgan fingerprint density at radius 2 is 1.76 bits per heavy atom. The summed E-state index contributed by atoms with van der Waals surface area (Å²) >= 11 is 1.52. The summed E-state index contributed by atoms with van der Waals surface area (Å²) in [7, 11) is 0. The third kappa shape index (κ3) is 11.0. The topological polar surface area (TPSA) is 98.8 Å². The van der Waals surface area contributed by atoms with Gasteiger partial charge in [0, 0.05) is 18.7 Å². The van der Waals surface area contributed by atoms with E-state index in [9.17, 15) is 19.5 Å². The van der Waals surface area contributed by atoms with Gasteiger partial charge in [-0.15, -0.1) is 0 Å². The van der Waals surface area contributed by atoms with E-state index in [1.807, 2.05) is 75.2 Å². The minimum Gasteiger partial charge on any atom is -0.548 e. The fraction of sp³-hybridized carbons (Fsp3) is 0.545. The first kappa shape index (κ1) is 35.8. The number of nitrogens with one attached hydrogen (secondary N) is 1. The van der Waals surface area contributed by atoms with Crippen molar-refractivity contribution in [2.75, 3.05) is 25.1 Å². The summed E-state index contributed by atoms with van der Waals surface area (Å²) < 4.78 is 5.75. The molecule has 0 radical (unpaired) electrons. The molecule has 2 amide bonds. The number of carboxylic acid groups (broad SMARTS) is 1. The molecular formula is C33H45LiN2O5S. The maximum absolute atomic E-state index is 13.4. The molecule has 1 unspecified atom stereocenters. The number of aryl methyl sites for hydroxylation is 1. The number of carbonyl (C=O) groups excluding carboxylic acids is 3. The smallest absolute Gasteiger partial charge is 0.548 e. The van der Waals surface area contributed by atoms with Crippen LogP contribution in [0.15, 0.2) is 42.5 Å². The molecule has 1 saturated carbocycles. The average molecular weight is 589 g/mol. The number of benzene rings is 2. The number of nitrogens with zero attached hydrogens (tertiary/aromatic N) is 1. The van der Waals surface area contributed by atoms with Gasteiger partial charge in [0.25, 0.3) is 5.91 Å². The van der Waals surface area contributed by atoms with E-state index in [0.717, 1.165) is 35.1 Å². The van der Waals surface area contributed by atoms with Crippen molar-refractivity contribution in [2.45, 2.75) is 84.3 Å². The number of hydrogen-bond donors (Lipinski definition) is 1. The molecule has 0 bridgehead atoms. The van der Waals surface area contributed by atoms with Crippen molar-refractivity contribution in [1.82, 2.24) is 10.2 Å². The van der Waals surface area contributed by atoms with Crippen molar-refractivity contribution >= 4 is 29.7 Å². The molecule has 2 aromatic carbocycles. The largest absolute Gasteiger partial charge is 1.00 e. The first-order valence-corrected chi connectivity index (χ1v) is 16.1. The quantitative estimate of drug-likeness (QED) is 0.383. The Bertz CT molecular complexity index is 1190. The third-order valence-corrected chi connectivity index (χ3v) is 8.13. The second kappa shape index (κ2) is 17.0. The number of carbonyl (C=O) groups is 3. The van der Waals surface area contributed by atoms with Crippen molar-refractivity contribution in [1.29, 1.82) is 0 Å². The fourth-order valence-electron chi connectivity index (χ4n) is 5.29. The number of thioether (sulfide) groups is 1. The molecule has 0 aromatic heterocycles. The van der Waals surface area contributed by atoms with Gasteiger partial charge in [-0.2, -0.15) is 11.8 Å². The van der Waals surface area contributed by atoms with Crippen LogP contribution in [0.1, 0.15) is 80.8 Å². The van der Waals surface area contributed by atoms with Gasteiger partial charge in [-0.25, -0.2) is 4.79 Å². The van der Waals surface area contributed by atoms with Crippen LogP contribution in [0.25, 0.3) is 11.1 Å². The Labute approximate surface area is 267 Å².